The van der Waals surface area contributed by atoms with Gasteiger partial charge in [0.1, 0.15) is 0 Å². The predicted molar refractivity (Wildman–Crippen MR) is 94.3 cm³/mol. The van der Waals surface area contributed by atoms with Crippen molar-refractivity contribution in [1.82, 2.24) is 9.47 Å². The quantitative estimate of drug-likeness (QED) is 0.861. The Labute approximate surface area is 138 Å². The fraction of sp³-hybridized carbons (Fsp3) is 0.474. The van der Waals surface area contributed by atoms with Gasteiger partial charge in [-0.15, -0.1) is 0 Å². The van der Waals surface area contributed by atoms with E-state index in [0.29, 0.717) is 12.5 Å². The fourth-order valence-corrected chi connectivity index (χ4v) is 3.23. The molecule has 4 heteroatoms. The average molecular weight is 313 g/mol. The van der Waals surface area contributed by atoms with Gasteiger partial charge in [-0.1, -0.05) is 12.1 Å². The number of nitrogens with one attached hydrogen (secondary N) is 1. The van der Waals surface area contributed by atoms with E-state index in [9.17, 15) is 5.11 Å². The Hall–Kier alpha value is -1.78. The highest BCUT2D eigenvalue weighted by molar-refractivity contribution is 5.46. The molecule has 23 heavy (non-hydrogen) atoms. The van der Waals surface area contributed by atoms with Crippen molar-refractivity contribution in [1.29, 1.82) is 0 Å². The molecule has 0 bridgehead atoms. The molecule has 0 saturated carbocycles. The van der Waals surface area contributed by atoms with Gasteiger partial charge in [-0.25, -0.2) is 0 Å². The van der Waals surface area contributed by atoms with Crippen LogP contribution in [0.5, 0.6) is 0 Å². The first-order valence-corrected chi connectivity index (χ1v) is 8.50. The van der Waals surface area contributed by atoms with Crippen LogP contribution in [-0.4, -0.2) is 34.3 Å². The van der Waals surface area contributed by atoms with Crippen LogP contribution in [0.25, 0.3) is 0 Å². The lowest BCUT2D eigenvalue weighted by Gasteiger charge is -2.31. The van der Waals surface area contributed by atoms with Crippen LogP contribution >= 0.6 is 0 Å². The highest BCUT2D eigenvalue weighted by atomic mass is 16.3. The summed E-state index contributed by atoms with van der Waals surface area (Å²) in [6.07, 6.45) is 6.44. The smallest absolute Gasteiger partial charge is 0.0460 e. The summed E-state index contributed by atoms with van der Waals surface area (Å²) in [5.41, 5.74) is 3.83. The minimum absolute atomic E-state index is 0.340. The number of likely N-dealkylation sites (tertiary alicyclic amines) is 1. The summed E-state index contributed by atoms with van der Waals surface area (Å²) >= 11 is 0. The van der Waals surface area contributed by atoms with E-state index >= 15 is 0 Å². The van der Waals surface area contributed by atoms with Crippen LogP contribution in [0.15, 0.2) is 42.7 Å². The largest absolute Gasteiger partial charge is 0.396 e. The van der Waals surface area contributed by atoms with Crippen LogP contribution in [0.1, 0.15) is 24.0 Å². The van der Waals surface area contributed by atoms with Gasteiger partial charge in [-0.2, -0.15) is 0 Å². The summed E-state index contributed by atoms with van der Waals surface area (Å²) in [6.45, 7) is 4.37. The number of aliphatic hydroxyl groups is 1. The van der Waals surface area contributed by atoms with Crippen molar-refractivity contribution in [3.63, 3.8) is 0 Å². The Morgan fingerprint density at radius 2 is 2.00 bits per heavy atom. The predicted octanol–water partition coefficient (Wildman–Crippen LogP) is 2.84. The number of nitrogens with zero attached hydrogens (tertiary/aromatic N) is 2. The molecule has 1 aromatic heterocycles. The molecule has 1 aliphatic heterocycles. The van der Waals surface area contributed by atoms with Gasteiger partial charge < -0.3 is 15.0 Å². The van der Waals surface area contributed by atoms with Crippen molar-refractivity contribution >= 4 is 5.69 Å². The van der Waals surface area contributed by atoms with Crippen molar-refractivity contribution < 1.29 is 5.11 Å². The van der Waals surface area contributed by atoms with E-state index < -0.39 is 0 Å². The molecule has 1 fully saturated rings. The highest BCUT2D eigenvalue weighted by Gasteiger charge is 2.18. The maximum absolute atomic E-state index is 9.23. The lowest BCUT2D eigenvalue weighted by Crippen LogP contribution is -2.34. The van der Waals surface area contributed by atoms with Crippen molar-refractivity contribution in [2.45, 2.75) is 25.9 Å². The number of anilines is 1. The van der Waals surface area contributed by atoms with Crippen LogP contribution < -0.4 is 5.32 Å². The van der Waals surface area contributed by atoms with Crippen LogP contribution in [0.2, 0.25) is 0 Å². The van der Waals surface area contributed by atoms with Gasteiger partial charge in [0.25, 0.3) is 0 Å². The van der Waals surface area contributed by atoms with Crippen molar-refractivity contribution in [3.05, 3.63) is 53.9 Å². The SMILES string of the molecule is Cn1ccc(CNc2cccc(CN3CCC(CO)CC3)c2)c1. The Bertz CT molecular complexity index is 615. The number of piperidine rings is 1. The van der Waals surface area contributed by atoms with E-state index in [0.717, 1.165) is 39.0 Å². The Morgan fingerprint density at radius 1 is 1.17 bits per heavy atom. The molecule has 0 spiro atoms. The van der Waals surface area contributed by atoms with Gasteiger partial charge in [-0.05, 0) is 61.2 Å². The van der Waals surface area contributed by atoms with E-state index in [1.54, 1.807) is 0 Å². The number of aromatic nitrogens is 1. The summed E-state index contributed by atoms with van der Waals surface area (Å²) in [7, 11) is 2.05. The molecule has 2 heterocycles. The summed E-state index contributed by atoms with van der Waals surface area (Å²) in [4.78, 5) is 2.49. The standard InChI is InChI=1S/C19H27N3O/c1-21-8-5-18(13-21)12-20-19-4-2-3-17(11-19)14-22-9-6-16(15-23)7-10-22/h2-5,8,11,13,16,20,23H,6-7,9-10,12,14-15H2,1H3. The number of aliphatic hydroxyl groups excluding tert-OH is 1. The summed E-state index contributed by atoms with van der Waals surface area (Å²) in [5.74, 6) is 0.505. The van der Waals surface area contributed by atoms with E-state index in [1.807, 2.05) is 7.05 Å². The van der Waals surface area contributed by atoms with Gasteiger partial charge >= 0.3 is 0 Å². The van der Waals surface area contributed by atoms with Gasteiger partial charge in [0.2, 0.25) is 0 Å². The summed E-state index contributed by atoms with van der Waals surface area (Å²) in [6, 6.07) is 10.8. The van der Waals surface area contributed by atoms with Crippen LogP contribution in [0.3, 0.4) is 0 Å². The second-order valence-corrected chi connectivity index (χ2v) is 6.64. The number of aryl methyl sites for hydroxylation is 1. The number of benzene rings is 1. The molecule has 0 radical (unpaired) electrons. The molecule has 0 aliphatic carbocycles. The van der Waals surface area contributed by atoms with E-state index in [-0.39, 0.29) is 0 Å². The van der Waals surface area contributed by atoms with Crippen LogP contribution in [-0.2, 0) is 20.1 Å². The Morgan fingerprint density at radius 3 is 2.70 bits per heavy atom. The van der Waals surface area contributed by atoms with Crippen LogP contribution in [0.4, 0.5) is 5.69 Å². The topological polar surface area (TPSA) is 40.4 Å². The molecule has 1 aliphatic rings. The van der Waals surface area contributed by atoms with E-state index in [1.165, 1.54) is 16.8 Å². The molecule has 0 atom stereocenters. The molecule has 1 aromatic carbocycles. The third-order valence-corrected chi connectivity index (χ3v) is 4.69. The molecule has 2 N–H and O–H groups in total. The molecule has 124 valence electrons. The van der Waals surface area contributed by atoms with Gasteiger partial charge in [0.15, 0.2) is 0 Å². The second kappa shape index (κ2) is 7.66. The van der Waals surface area contributed by atoms with Gasteiger partial charge in [0.05, 0.1) is 0 Å². The highest BCUT2D eigenvalue weighted by Crippen LogP contribution is 2.20. The summed E-state index contributed by atoms with van der Waals surface area (Å²) < 4.78 is 2.07. The molecule has 0 amide bonds. The van der Waals surface area contributed by atoms with Crippen LogP contribution in [0, 0.1) is 5.92 Å². The van der Waals surface area contributed by atoms with E-state index in [4.69, 9.17) is 0 Å². The maximum atomic E-state index is 9.23. The van der Waals surface area contributed by atoms with Crippen molar-refractivity contribution in [2.75, 3.05) is 25.0 Å². The zero-order chi connectivity index (χ0) is 16.1. The average Bonchev–Trinajstić information content (AvgIpc) is 3.00. The number of rotatable bonds is 6. The molecule has 3 rings (SSSR count). The number of hydrogen-bond donors (Lipinski definition) is 2. The molecule has 1 saturated heterocycles. The minimum atomic E-state index is 0.340. The zero-order valence-electron chi connectivity index (χ0n) is 13.9. The van der Waals surface area contributed by atoms with Crippen molar-refractivity contribution in [3.8, 4) is 0 Å². The fourth-order valence-electron chi connectivity index (χ4n) is 3.23. The lowest BCUT2D eigenvalue weighted by atomic mass is 9.97. The lowest BCUT2D eigenvalue weighted by molar-refractivity contribution is 0.127. The monoisotopic (exact) mass is 313 g/mol. The maximum Gasteiger partial charge on any atom is 0.0460 e. The normalized spacial score (nSPS) is 16.6. The van der Waals surface area contributed by atoms with Gasteiger partial charge in [-0.3, -0.25) is 4.90 Å². The minimum Gasteiger partial charge on any atom is -0.396 e. The Kier molecular flexibility index (Phi) is 5.36. The van der Waals surface area contributed by atoms with E-state index in [2.05, 4.69) is 57.5 Å². The molecular formula is C19H27N3O. The third-order valence-electron chi connectivity index (χ3n) is 4.69. The first-order chi connectivity index (χ1) is 11.2. The third kappa shape index (κ3) is 4.60. The molecular weight excluding hydrogens is 286 g/mol. The molecule has 0 unspecified atom stereocenters. The first kappa shape index (κ1) is 16.1. The molecule has 2 aromatic rings. The zero-order valence-corrected chi connectivity index (χ0v) is 13.9. The Balaban J connectivity index is 1.53. The number of hydrogen-bond acceptors (Lipinski definition) is 3. The molecule has 4 nitrogen and oxygen atoms in total. The van der Waals surface area contributed by atoms with Crippen molar-refractivity contribution in [2.24, 2.45) is 13.0 Å². The second-order valence-electron chi connectivity index (χ2n) is 6.64. The van der Waals surface area contributed by atoms with Gasteiger partial charge in [0, 0.05) is 44.8 Å². The first-order valence-electron chi connectivity index (χ1n) is 8.50. The summed E-state index contributed by atoms with van der Waals surface area (Å²) in [5, 5.41) is 12.7.